The molecule has 0 fully saturated rings. The van der Waals surface area contributed by atoms with Crippen LogP contribution in [-0.2, 0) is 14.3 Å². The van der Waals surface area contributed by atoms with Gasteiger partial charge in [0, 0.05) is 12.4 Å². The maximum Gasteiger partial charge on any atom is 0.308 e. The second-order valence-electron chi connectivity index (χ2n) is 1.99. The van der Waals surface area contributed by atoms with E-state index in [1.807, 2.05) is 6.92 Å². The molecule has 66 valence electrons. The normalized spacial score (nSPS) is 12.6. The van der Waals surface area contributed by atoms with Gasteiger partial charge in [0.25, 0.3) is 0 Å². The first-order valence-corrected chi connectivity index (χ1v) is 4.26. The van der Waals surface area contributed by atoms with Gasteiger partial charge in [0.15, 0.2) is 6.29 Å². The van der Waals surface area contributed by atoms with Crippen LogP contribution in [0.3, 0.4) is 0 Å². The van der Waals surface area contributed by atoms with E-state index in [-0.39, 0.29) is 5.97 Å². The number of esters is 1. The number of hydrogen-bond donors (Lipinski definition) is 1. The van der Waals surface area contributed by atoms with E-state index in [9.17, 15) is 4.79 Å². The maximum absolute atomic E-state index is 10.8. The van der Waals surface area contributed by atoms with Crippen LogP contribution in [0.25, 0.3) is 0 Å². The van der Waals surface area contributed by atoms with Crippen LogP contribution >= 0.6 is 12.6 Å². The second kappa shape index (κ2) is 6.49. The summed E-state index contributed by atoms with van der Waals surface area (Å²) in [6.07, 6.45) is -0.104. The van der Waals surface area contributed by atoms with Crippen LogP contribution in [0.4, 0.5) is 0 Å². The largest absolute Gasteiger partial charge is 0.436 e. The van der Waals surface area contributed by atoms with Crippen molar-refractivity contribution < 1.29 is 14.3 Å². The van der Waals surface area contributed by atoms with Crippen LogP contribution in [-0.4, -0.2) is 24.6 Å². The van der Waals surface area contributed by atoms with E-state index in [4.69, 9.17) is 9.47 Å². The Labute approximate surface area is 72.5 Å². The van der Waals surface area contributed by atoms with Crippen molar-refractivity contribution in [3.63, 3.8) is 0 Å². The molecule has 3 nitrogen and oxygen atoms in total. The highest BCUT2D eigenvalue weighted by atomic mass is 32.1. The van der Waals surface area contributed by atoms with Crippen LogP contribution in [0.2, 0.25) is 0 Å². The van der Waals surface area contributed by atoms with Crippen molar-refractivity contribution in [1.82, 2.24) is 0 Å². The Bertz CT molecular complexity index is 116. The summed E-state index contributed by atoms with van der Waals surface area (Å²) < 4.78 is 9.81. The summed E-state index contributed by atoms with van der Waals surface area (Å²) in [4.78, 5) is 10.8. The number of ether oxygens (including phenoxy) is 2. The summed E-state index contributed by atoms with van der Waals surface area (Å²) in [7, 11) is 0. The Morgan fingerprint density at radius 1 is 1.64 bits per heavy atom. The van der Waals surface area contributed by atoms with Crippen LogP contribution in [0.5, 0.6) is 0 Å². The third kappa shape index (κ3) is 6.19. The van der Waals surface area contributed by atoms with Crippen LogP contribution < -0.4 is 0 Å². The van der Waals surface area contributed by atoms with Gasteiger partial charge in [0.2, 0.25) is 0 Å². The zero-order chi connectivity index (χ0) is 8.69. The minimum atomic E-state index is -0.438. The predicted molar refractivity (Wildman–Crippen MR) is 45.7 cm³/mol. The van der Waals surface area contributed by atoms with E-state index in [0.29, 0.717) is 18.8 Å². The first-order valence-electron chi connectivity index (χ1n) is 3.62. The van der Waals surface area contributed by atoms with Crippen LogP contribution in [0, 0.1) is 0 Å². The van der Waals surface area contributed by atoms with Crippen molar-refractivity contribution in [2.24, 2.45) is 0 Å². The quantitative estimate of drug-likeness (QED) is 0.391. The summed E-state index contributed by atoms with van der Waals surface area (Å²) in [5.74, 6) is 0.249. The standard InChI is InChI=1S/C7H14O3S/c1-3-9-6(2)10-7(8)4-5-11/h6,11H,3-5H2,1-2H3. The molecular weight excluding hydrogens is 164 g/mol. The van der Waals surface area contributed by atoms with E-state index in [1.54, 1.807) is 6.92 Å². The van der Waals surface area contributed by atoms with Gasteiger partial charge >= 0.3 is 5.97 Å². The Hall–Kier alpha value is -0.220. The molecule has 0 aromatic rings. The molecule has 0 rings (SSSR count). The van der Waals surface area contributed by atoms with Crippen molar-refractivity contribution in [3.8, 4) is 0 Å². The number of thiol groups is 1. The van der Waals surface area contributed by atoms with Gasteiger partial charge in [-0.25, -0.2) is 0 Å². The molecule has 0 saturated heterocycles. The fraction of sp³-hybridized carbons (Fsp3) is 0.857. The van der Waals surface area contributed by atoms with Gasteiger partial charge in [0.05, 0.1) is 6.42 Å². The van der Waals surface area contributed by atoms with Crippen molar-refractivity contribution in [2.75, 3.05) is 12.4 Å². The maximum atomic E-state index is 10.8. The smallest absolute Gasteiger partial charge is 0.308 e. The molecular formula is C7H14O3S. The summed E-state index contributed by atoms with van der Waals surface area (Å²) in [6.45, 7) is 4.10. The van der Waals surface area contributed by atoms with E-state index in [1.165, 1.54) is 0 Å². The lowest BCUT2D eigenvalue weighted by Gasteiger charge is -2.11. The zero-order valence-electron chi connectivity index (χ0n) is 6.87. The first kappa shape index (κ1) is 10.8. The van der Waals surface area contributed by atoms with Crippen molar-refractivity contribution >= 4 is 18.6 Å². The van der Waals surface area contributed by atoms with E-state index in [2.05, 4.69) is 12.6 Å². The fourth-order valence-electron chi connectivity index (χ4n) is 0.604. The number of carbonyl (C=O) groups excluding carboxylic acids is 1. The average molecular weight is 178 g/mol. The van der Waals surface area contributed by atoms with E-state index >= 15 is 0 Å². The predicted octanol–water partition coefficient (Wildman–Crippen LogP) is 1.23. The molecule has 0 aliphatic rings. The number of carbonyl (C=O) groups is 1. The molecule has 4 heteroatoms. The molecule has 0 N–H and O–H groups in total. The van der Waals surface area contributed by atoms with Gasteiger partial charge < -0.3 is 9.47 Å². The molecule has 0 radical (unpaired) electrons. The highest BCUT2D eigenvalue weighted by Crippen LogP contribution is 1.96. The lowest BCUT2D eigenvalue weighted by atomic mass is 10.5. The molecule has 0 spiro atoms. The zero-order valence-corrected chi connectivity index (χ0v) is 7.77. The SMILES string of the molecule is CCOC(C)OC(=O)CCS. The molecule has 0 aromatic carbocycles. The lowest BCUT2D eigenvalue weighted by molar-refractivity contribution is -0.173. The molecule has 0 bridgehead atoms. The van der Waals surface area contributed by atoms with Crippen molar-refractivity contribution in [2.45, 2.75) is 26.6 Å². The summed E-state index contributed by atoms with van der Waals surface area (Å²) >= 11 is 3.89. The summed E-state index contributed by atoms with van der Waals surface area (Å²) in [5.41, 5.74) is 0. The highest BCUT2D eigenvalue weighted by molar-refractivity contribution is 7.80. The van der Waals surface area contributed by atoms with Gasteiger partial charge in [-0.05, 0) is 13.8 Å². The molecule has 0 heterocycles. The Kier molecular flexibility index (Phi) is 6.36. The molecule has 0 amide bonds. The van der Waals surface area contributed by atoms with Crippen molar-refractivity contribution in [1.29, 1.82) is 0 Å². The van der Waals surface area contributed by atoms with E-state index in [0.717, 1.165) is 0 Å². The molecule has 1 unspecified atom stereocenters. The Morgan fingerprint density at radius 3 is 2.73 bits per heavy atom. The molecule has 0 aliphatic heterocycles. The van der Waals surface area contributed by atoms with Gasteiger partial charge in [0.1, 0.15) is 0 Å². The van der Waals surface area contributed by atoms with Gasteiger partial charge in [-0.2, -0.15) is 12.6 Å². The van der Waals surface area contributed by atoms with Crippen LogP contribution in [0.1, 0.15) is 20.3 Å². The third-order valence-electron chi connectivity index (χ3n) is 1.01. The average Bonchev–Trinajstić information content (AvgIpc) is 1.87. The molecule has 0 aromatic heterocycles. The summed E-state index contributed by atoms with van der Waals surface area (Å²) in [5, 5.41) is 0. The number of rotatable bonds is 5. The second-order valence-corrected chi connectivity index (χ2v) is 2.43. The molecule has 0 saturated carbocycles. The topological polar surface area (TPSA) is 35.5 Å². The minimum Gasteiger partial charge on any atom is -0.436 e. The van der Waals surface area contributed by atoms with Crippen LogP contribution in [0.15, 0.2) is 0 Å². The Morgan fingerprint density at radius 2 is 2.27 bits per heavy atom. The van der Waals surface area contributed by atoms with Gasteiger partial charge in [-0.3, -0.25) is 4.79 Å². The van der Waals surface area contributed by atoms with Crippen molar-refractivity contribution in [3.05, 3.63) is 0 Å². The fourth-order valence-corrected chi connectivity index (χ4v) is 0.787. The first-order chi connectivity index (χ1) is 5.20. The van der Waals surface area contributed by atoms with E-state index < -0.39 is 6.29 Å². The minimum absolute atomic E-state index is 0.263. The molecule has 0 aliphatic carbocycles. The summed E-state index contributed by atoms with van der Waals surface area (Å²) in [6, 6.07) is 0. The lowest BCUT2D eigenvalue weighted by Crippen LogP contribution is -2.18. The highest BCUT2D eigenvalue weighted by Gasteiger charge is 2.06. The molecule has 11 heavy (non-hydrogen) atoms. The van der Waals surface area contributed by atoms with Gasteiger partial charge in [-0.1, -0.05) is 0 Å². The number of hydrogen-bond acceptors (Lipinski definition) is 4. The third-order valence-corrected chi connectivity index (χ3v) is 1.24. The van der Waals surface area contributed by atoms with Gasteiger partial charge in [-0.15, -0.1) is 0 Å². The molecule has 1 atom stereocenters. The monoisotopic (exact) mass is 178 g/mol. The Balaban J connectivity index is 3.40.